The van der Waals surface area contributed by atoms with Gasteiger partial charge in [-0.2, -0.15) is 0 Å². The van der Waals surface area contributed by atoms with Crippen molar-refractivity contribution in [2.24, 2.45) is 11.8 Å². The average Bonchev–Trinajstić information content (AvgIpc) is 2.68. The van der Waals surface area contributed by atoms with Crippen LogP contribution < -0.4 is 16.0 Å². The Bertz CT molecular complexity index is 788. The third kappa shape index (κ3) is 5.44. The molecule has 5 nitrogen and oxygen atoms in total. The second kappa shape index (κ2) is 9.20. The first kappa shape index (κ1) is 19.6. The van der Waals surface area contributed by atoms with Crippen LogP contribution in [0.1, 0.15) is 26.7 Å². The molecule has 1 unspecified atom stereocenters. The fourth-order valence-corrected chi connectivity index (χ4v) is 3.36. The predicted molar refractivity (Wildman–Crippen MR) is 112 cm³/mol. The number of benzene rings is 1. The Morgan fingerprint density at radius 1 is 1.37 bits per heavy atom. The number of rotatable bonds is 6. The van der Waals surface area contributed by atoms with E-state index in [1.54, 1.807) is 6.20 Å². The fraction of sp³-hybridized carbons (Fsp3) is 0.429. The van der Waals surface area contributed by atoms with Gasteiger partial charge in [0.25, 0.3) is 0 Å². The molecule has 1 atom stereocenters. The molecule has 0 radical (unpaired) electrons. The lowest BCUT2D eigenvalue weighted by Gasteiger charge is -2.21. The standard InChI is InChI=1S/C21H27ClN4O/c1-14(2)11-24-17-7-3-5-15(9-17)18-10-20(25-13-19(18)22)26-21(27)16-6-4-8-23-12-16/h3,5,7,9-10,13-14,16,23-24H,4,6,8,11-12H2,1-2H3,(H,25,26,27). The number of hydrogen-bond donors (Lipinski definition) is 3. The second-order valence-corrected chi connectivity index (χ2v) is 7.84. The molecular weight excluding hydrogens is 360 g/mol. The van der Waals surface area contributed by atoms with Crippen molar-refractivity contribution in [2.45, 2.75) is 26.7 Å². The molecule has 2 aromatic rings. The highest BCUT2D eigenvalue weighted by Gasteiger charge is 2.21. The van der Waals surface area contributed by atoms with Crippen LogP contribution in [0.5, 0.6) is 0 Å². The topological polar surface area (TPSA) is 66.0 Å². The van der Waals surface area contributed by atoms with E-state index in [-0.39, 0.29) is 11.8 Å². The number of halogens is 1. The molecule has 0 aliphatic carbocycles. The summed E-state index contributed by atoms with van der Waals surface area (Å²) in [6.07, 6.45) is 3.52. The van der Waals surface area contributed by atoms with Crippen molar-refractivity contribution in [1.29, 1.82) is 0 Å². The molecule has 1 aromatic heterocycles. The van der Waals surface area contributed by atoms with E-state index in [0.29, 0.717) is 16.8 Å². The first-order valence-corrected chi connectivity index (χ1v) is 9.92. The lowest BCUT2D eigenvalue weighted by atomic mass is 9.99. The van der Waals surface area contributed by atoms with E-state index in [1.807, 2.05) is 24.3 Å². The molecule has 3 N–H and O–H groups in total. The summed E-state index contributed by atoms with van der Waals surface area (Å²) in [6.45, 7) is 6.95. The molecule has 0 spiro atoms. The third-order valence-corrected chi connectivity index (χ3v) is 4.96. The number of pyridine rings is 1. The quantitative estimate of drug-likeness (QED) is 0.688. The van der Waals surface area contributed by atoms with E-state index in [9.17, 15) is 4.79 Å². The summed E-state index contributed by atoms with van der Waals surface area (Å²) >= 11 is 6.39. The van der Waals surface area contributed by atoms with Crippen LogP contribution in [0.2, 0.25) is 5.02 Å². The Labute approximate surface area is 165 Å². The van der Waals surface area contributed by atoms with E-state index in [0.717, 1.165) is 49.3 Å². The van der Waals surface area contributed by atoms with Gasteiger partial charge in [-0.1, -0.05) is 37.6 Å². The maximum Gasteiger partial charge on any atom is 0.229 e. The van der Waals surface area contributed by atoms with Crippen LogP contribution in [0, 0.1) is 11.8 Å². The first-order chi connectivity index (χ1) is 13.0. The Morgan fingerprint density at radius 3 is 2.96 bits per heavy atom. The van der Waals surface area contributed by atoms with Crippen molar-refractivity contribution < 1.29 is 4.79 Å². The van der Waals surface area contributed by atoms with Crippen LogP contribution in [0.15, 0.2) is 36.5 Å². The van der Waals surface area contributed by atoms with Gasteiger partial charge in [0.1, 0.15) is 5.82 Å². The van der Waals surface area contributed by atoms with Gasteiger partial charge in [0.2, 0.25) is 5.91 Å². The molecule has 3 rings (SSSR count). The van der Waals surface area contributed by atoms with Crippen molar-refractivity contribution in [3.8, 4) is 11.1 Å². The lowest BCUT2D eigenvalue weighted by molar-refractivity contribution is -0.120. The number of nitrogens with zero attached hydrogens (tertiary/aromatic N) is 1. The molecule has 2 heterocycles. The van der Waals surface area contributed by atoms with E-state index in [4.69, 9.17) is 11.6 Å². The van der Waals surface area contributed by atoms with Gasteiger partial charge < -0.3 is 16.0 Å². The number of carbonyl (C=O) groups excluding carboxylic acids is 1. The molecule has 1 fully saturated rings. The Kier molecular flexibility index (Phi) is 6.69. The highest BCUT2D eigenvalue weighted by atomic mass is 35.5. The van der Waals surface area contributed by atoms with Gasteiger partial charge in [-0.25, -0.2) is 4.98 Å². The summed E-state index contributed by atoms with van der Waals surface area (Å²) < 4.78 is 0. The molecule has 27 heavy (non-hydrogen) atoms. The predicted octanol–water partition coefficient (Wildman–Crippen LogP) is 4.41. The van der Waals surface area contributed by atoms with E-state index >= 15 is 0 Å². The van der Waals surface area contributed by atoms with Crippen molar-refractivity contribution in [3.05, 3.63) is 41.6 Å². The number of hydrogen-bond acceptors (Lipinski definition) is 4. The van der Waals surface area contributed by atoms with Crippen molar-refractivity contribution in [2.75, 3.05) is 30.3 Å². The van der Waals surface area contributed by atoms with Crippen molar-refractivity contribution >= 4 is 29.0 Å². The van der Waals surface area contributed by atoms with E-state index in [2.05, 4.69) is 40.8 Å². The SMILES string of the molecule is CC(C)CNc1cccc(-c2cc(NC(=O)C3CCCNC3)ncc2Cl)c1. The maximum atomic E-state index is 12.5. The summed E-state index contributed by atoms with van der Waals surface area (Å²) in [5, 5.41) is 10.2. The zero-order valence-electron chi connectivity index (χ0n) is 15.9. The second-order valence-electron chi connectivity index (χ2n) is 7.44. The normalized spacial score (nSPS) is 17.0. The number of nitrogens with one attached hydrogen (secondary N) is 3. The number of piperidine rings is 1. The van der Waals surface area contributed by atoms with Gasteiger partial charge in [-0.05, 0) is 49.1 Å². The maximum absolute atomic E-state index is 12.5. The molecule has 1 saturated heterocycles. The van der Waals surface area contributed by atoms with Crippen LogP contribution >= 0.6 is 11.6 Å². The highest BCUT2D eigenvalue weighted by Crippen LogP contribution is 2.31. The molecule has 6 heteroatoms. The first-order valence-electron chi connectivity index (χ1n) is 9.54. The van der Waals surface area contributed by atoms with Crippen LogP contribution in [-0.2, 0) is 4.79 Å². The van der Waals surface area contributed by atoms with Gasteiger partial charge in [0, 0.05) is 30.5 Å². The molecule has 1 aliphatic heterocycles. The minimum Gasteiger partial charge on any atom is -0.385 e. The van der Waals surface area contributed by atoms with Gasteiger partial charge in [-0.3, -0.25) is 4.79 Å². The van der Waals surface area contributed by atoms with Crippen LogP contribution in [0.25, 0.3) is 11.1 Å². The molecule has 1 aliphatic rings. The molecule has 0 saturated carbocycles. The minimum atomic E-state index is -0.0109. The summed E-state index contributed by atoms with van der Waals surface area (Å²) in [5.74, 6) is 1.10. The fourth-order valence-electron chi connectivity index (χ4n) is 3.15. The van der Waals surface area contributed by atoms with Crippen LogP contribution in [-0.4, -0.2) is 30.5 Å². The summed E-state index contributed by atoms with van der Waals surface area (Å²) in [7, 11) is 0. The van der Waals surface area contributed by atoms with E-state index < -0.39 is 0 Å². The van der Waals surface area contributed by atoms with Crippen molar-refractivity contribution in [1.82, 2.24) is 10.3 Å². The number of aromatic nitrogens is 1. The summed E-state index contributed by atoms with van der Waals surface area (Å²) in [5.41, 5.74) is 2.90. The van der Waals surface area contributed by atoms with Gasteiger partial charge in [-0.15, -0.1) is 0 Å². The number of carbonyl (C=O) groups is 1. The number of anilines is 2. The van der Waals surface area contributed by atoms with Gasteiger partial charge >= 0.3 is 0 Å². The zero-order chi connectivity index (χ0) is 19.2. The summed E-state index contributed by atoms with van der Waals surface area (Å²) in [4.78, 5) is 16.8. The van der Waals surface area contributed by atoms with Crippen molar-refractivity contribution in [3.63, 3.8) is 0 Å². The average molecular weight is 387 g/mol. The van der Waals surface area contributed by atoms with Crippen LogP contribution in [0.4, 0.5) is 11.5 Å². The molecule has 1 aromatic carbocycles. The Hall–Kier alpha value is -2.11. The van der Waals surface area contributed by atoms with Crippen LogP contribution in [0.3, 0.4) is 0 Å². The van der Waals surface area contributed by atoms with Gasteiger partial charge in [0.05, 0.1) is 10.9 Å². The van der Waals surface area contributed by atoms with E-state index in [1.165, 1.54) is 0 Å². The molecule has 1 amide bonds. The highest BCUT2D eigenvalue weighted by molar-refractivity contribution is 6.33. The summed E-state index contributed by atoms with van der Waals surface area (Å²) in [6, 6.07) is 9.97. The Balaban J connectivity index is 1.77. The zero-order valence-corrected chi connectivity index (χ0v) is 16.6. The molecule has 0 bridgehead atoms. The van der Waals surface area contributed by atoms with Gasteiger partial charge in [0.15, 0.2) is 0 Å². The minimum absolute atomic E-state index is 0.00956. The largest absolute Gasteiger partial charge is 0.385 e. The number of amides is 1. The molecular formula is C21H27ClN4O. The monoisotopic (exact) mass is 386 g/mol. The Morgan fingerprint density at radius 2 is 2.22 bits per heavy atom. The molecule has 144 valence electrons. The smallest absolute Gasteiger partial charge is 0.229 e. The third-order valence-electron chi connectivity index (χ3n) is 4.66. The lowest BCUT2D eigenvalue weighted by Crippen LogP contribution is -2.37.